The smallest absolute Gasteiger partial charge is 0.352 e. The average molecular weight is 345 g/mol. The van der Waals surface area contributed by atoms with Gasteiger partial charge in [0, 0.05) is 12.1 Å². The highest BCUT2D eigenvalue weighted by molar-refractivity contribution is 5.94. The molecule has 0 spiro atoms. The third-order valence-electron chi connectivity index (χ3n) is 3.15. The van der Waals surface area contributed by atoms with E-state index in [1.54, 1.807) is 0 Å². The Kier molecular flexibility index (Phi) is 5.20. The number of amides is 1. The molecule has 1 amide bonds. The van der Waals surface area contributed by atoms with E-state index < -0.39 is 29.6 Å². The first-order chi connectivity index (χ1) is 11.2. The normalized spacial score (nSPS) is 11.8. The molecule has 0 bridgehead atoms. The fraction of sp³-hybridized carbons (Fsp3) is 0.400. The number of hydrogen-bond acceptors (Lipinski definition) is 4. The van der Waals surface area contributed by atoms with E-state index in [1.165, 1.54) is 12.1 Å². The van der Waals surface area contributed by atoms with Crippen molar-refractivity contribution in [3.63, 3.8) is 0 Å². The van der Waals surface area contributed by atoms with Gasteiger partial charge in [-0.25, -0.2) is 4.39 Å². The highest BCUT2D eigenvalue weighted by atomic mass is 19.4. The Morgan fingerprint density at radius 2 is 2.04 bits per heavy atom. The van der Waals surface area contributed by atoms with Crippen molar-refractivity contribution >= 4 is 5.91 Å². The Labute approximate surface area is 135 Å². The van der Waals surface area contributed by atoms with Crippen molar-refractivity contribution in [2.24, 2.45) is 5.92 Å². The second-order valence-electron chi connectivity index (χ2n) is 5.55. The zero-order chi connectivity index (χ0) is 17.9. The Hall–Kier alpha value is -2.45. The lowest BCUT2D eigenvalue weighted by atomic mass is 10.1. The minimum Gasteiger partial charge on any atom is -0.352 e. The van der Waals surface area contributed by atoms with Gasteiger partial charge in [-0.1, -0.05) is 25.1 Å². The number of carbonyl (C=O) groups is 1. The predicted octanol–water partition coefficient (Wildman–Crippen LogP) is 3.67. The molecular formula is C15H15F4N3O2. The summed E-state index contributed by atoms with van der Waals surface area (Å²) in [4.78, 5) is 15.0. The fourth-order valence-corrected chi connectivity index (χ4v) is 1.86. The first kappa shape index (κ1) is 17.9. The summed E-state index contributed by atoms with van der Waals surface area (Å²) in [5, 5.41) is 5.74. The lowest BCUT2D eigenvalue weighted by Gasteiger charge is -2.08. The van der Waals surface area contributed by atoms with Crippen LogP contribution in [0.4, 0.5) is 17.6 Å². The highest BCUT2D eigenvalue weighted by Gasteiger charge is 2.38. The monoisotopic (exact) mass is 345 g/mol. The van der Waals surface area contributed by atoms with Gasteiger partial charge in [-0.15, -0.1) is 0 Å². The van der Waals surface area contributed by atoms with Gasteiger partial charge in [-0.2, -0.15) is 18.2 Å². The molecule has 0 fully saturated rings. The second-order valence-corrected chi connectivity index (χ2v) is 5.55. The topological polar surface area (TPSA) is 68.0 Å². The van der Waals surface area contributed by atoms with Crippen LogP contribution in [0.2, 0.25) is 0 Å². The van der Waals surface area contributed by atoms with E-state index in [2.05, 4.69) is 20.0 Å². The van der Waals surface area contributed by atoms with Gasteiger partial charge < -0.3 is 9.84 Å². The van der Waals surface area contributed by atoms with Crippen LogP contribution in [0.5, 0.6) is 0 Å². The zero-order valence-electron chi connectivity index (χ0n) is 12.9. The van der Waals surface area contributed by atoms with Crippen LogP contribution in [-0.2, 0) is 6.18 Å². The number of rotatable bonds is 5. The molecule has 1 heterocycles. The maximum Gasteiger partial charge on any atom is 0.471 e. The van der Waals surface area contributed by atoms with Crippen LogP contribution in [0, 0.1) is 11.7 Å². The predicted molar refractivity (Wildman–Crippen MR) is 76.5 cm³/mol. The Bertz CT molecular complexity index is 726. The molecule has 2 rings (SSSR count). The molecule has 130 valence electrons. The Morgan fingerprint density at radius 3 is 2.58 bits per heavy atom. The summed E-state index contributed by atoms with van der Waals surface area (Å²) >= 11 is 0. The third-order valence-corrected chi connectivity index (χ3v) is 3.15. The number of nitrogens with one attached hydrogen (secondary N) is 1. The maximum absolute atomic E-state index is 14.0. The molecule has 1 N–H and O–H groups in total. The molecule has 0 saturated carbocycles. The first-order valence-electron chi connectivity index (χ1n) is 7.17. The highest BCUT2D eigenvalue weighted by Crippen LogP contribution is 2.29. The molecule has 1 aromatic heterocycles. The van der Waals surface area contributed by atoms with E-state index >= 15 is 0 Å². The summed E-state index contributed by atoms with van der Waals surface area (Å²) in [6.07, 6.45) is -4.03. The Balaban J connectivity index is 2.15. The number of halogens is 4. The molecular weight excluding hydrogens is 330 g/mol. The van der Waals surface area contributed by atoms with Crippen molar-refractivity contribution < 1.29 is 26.9 Å². The van der Waals surface area contributed by atoms with Gasteiger partial charge in [0.25, 0.3) is 5.91 Å². The molecule has 1 aromatic carbocycles. The van der Waals surface area contributed by atoms with Gasteiger partial charge >= 0.3 is 12.1 Å². The van der Waals surface area contributed by atoms with Gasteiger partial charge in [0.15, 0.2) is 0 Å². The van der Waals surface area contributed by atoms with E-state index in [0.717, 1.165) is 12.5 Å². The van der Waals surface area contributed by atoms with Crippen LogP contribution in [-0.4, -0.2) is 22.6 Å². The minimum atomic E-state index is -4.78. The number of nitrogens with zero attached hydrogens (tertiary/aromatic N) is 2. The molecule has 0 radical (unpaired) electrons. The van der Waals surface area contributed by atoms with Crippen LogP contribution < -0.4 is 5.32 Å². The minimum absolute atomic E-state index is 0.0227. The van der Waals surface area contributed by atoms with E-state index in [0.29, 0.717) is 12.5 Å². The molecule has 2 aromatic rings. The van der Waals surface area contributed by atoms with Gasteiger partial charge in [0.2, 0.25) is 5.82 Å². The molecule has 0 aliphatic rings. The number of aromatic nitrogens is 2. The average Bonchev–Trinajstić information content (AvgIpc) is 2.96. The van der Waals surface area contributed by atoms with E-state index in [1.807, 2.05) is 13.8 Å². The number of hydrogen-bond donors (Lipinski definition) is 1. The lowest BCUT2D eigenvalue weighted by Crippen LogP contribution is -2.26. The summed E-state index contributed by atoms with van der Waals surface area (Å²) in [6.45, 7) is 4.38. The van der Waals surface area contributed by atoms with Crippen LogP contribution in [0.25, 0.3) is 11.4 Å². The zero-order valence-corrected chi connectivity index (χ0v) is 12.9. The van der Waals surface area contributed by atoms with Gasteiger partial charge in [0.05, 0.1) is 5.56 Å². The number of alkyl halides is 3. The molecule has 0 saturated heterocycles. The van der Waals surface area contributed by atoms with Crippen molar-refractivity contribution in [2.75, 3.05) is 6.54 Å². The quantitative estimate of drug-likeness (QED) is 0.840. The van der Waals surface area contributed by atoms with Crippen LogP contribution in [0.3, 0.4) is 0 Å². The van der Waals surface area contributed by atoms with Crippen molar-refractivity contribution in [1.82, 2.24) is 15.5 Å². The third kappa shape index (κ3) is 4.30. The SMILES string of the molecule is CC(C)CCNC(=O)c1ccc(-c2noc(C(F)(F)F)n2)cc1F. The number of carbonyl (C=O) groups excluding carboxylic acids is 1. The molecule has 0 unspecified atom stereocenters. The van der Waals surface area contributed by atoms with Gasteiger partial charge in [-0.05, 0) is 24.5 Å². The van der Waals surface area contributed by atoms with Gasteiger partial charge in [0.1, 0.15) is 5.82 Å². The standard InChI is InChI=1S/C15H15F4N3O2/c1-8(2)5-6-20-13(23)10-4-3-9(7-11(10)16)12-21-14(24-22-12)15(17,18)19/h3-4,7-8H,5-6H2,1-2H3,(H,20,23). The summed E-state index contributed by atoms with van der Waals surface area (Å²) in [6, 6.07) is 3.31. The molecule has 5 nitrogen and oxygen atoms in total. The maximum atomic E-state index is 14.0. The van der Waals surface area contributed by atoms with Crippen LogP contribution in [0.15, 0.2) is 22.7 Å². The second kappa shape index (κ2) is 6.98. The van der Waals surface area contributed by atoms with Crippen molar-refractivity contribution in [3.05, 3.63) is 35.5 Å². The van der Waals surface area contributed by atoms with E-state index in [4.69, 9.17) is 0 Å². The molecule has 24 heavy (non-hydrogen) atoms. The van der Waals surface area contributed by atoms with E-state index in [9.17, 15) is 22.4 Å². The summed E-state index contributed by atoms with van der Waals surface area (Å²) in [7, 11) is 0. The van der Waals surface area contributed by atoms with Crippen LogP contribution in [0.1, 0.15) is 36.5 Å². The van der Waals surface area contributed by atoms with Crippen LogP contribution >= 0.6 is 0 Å². The van der Waals surface area contributed by atoms with Crippen molar-refractivity contribution in [1.29, 1.82) is 0 Å². The molecule has 0 aliphatic carbocycles. The first-order valence-corrected chi connectivity index (χ1v) is 7.17. The summed E-state index contributed by atoms with van der Waals surface area (Å²) in [5.74, 6) is -3.02. The molecule has 0 atom stereocenters. The van der Waals surface area contributed by atoms with Crippen molar-refractivity contribution in [3.8, 4) is 11.4 Å². The van der Waals surface area contributed by atoms with Gasteiger partial charge in [-0.3, -0.25) is 4.79 Å². The van der Waals surface area contributed by atoms with E-state index in [-0.39, 0.29) is 11.1 Å². The largest absolute Gasteiger partial charge is 0.471 e. The van der Waals surface area contributed by atoms with Crippen molar-refractivity contribution in [2.45, 2.75) is 26.4 Å². The number of benzene rings is 1. The summed E-state index contributed by atoms with van der Waals surface area (Å²) < 4.78 is 55.4. The fourth-order valence-electron chi connectivity index (χ4n) is 1.86. The Morgan fingerprint density at radius 1 is 1.33 bits per heavy atom. The molecule has 0 aliphatic heterocycles. The summed E-state index contributed by atoms with van der Waals surface area (Å²) in [5.41, 5.74) is -0.229. The molecule has 9 heteroatoms. The lowest BCUT2D eigenvalue weighted by molar-refractivity contribution is -0.159.